The molecular weight excluding hydrogens is 238 g/mol. The van der Waals surface area contributed by atoms with E-state index < -0.39 is 17.8 Å². The number of phenols is 1. The molecule has 0 bridgehead atoms. The Kier molecular flexibility index (Phi) is 3.47. The maximum atomic E-state index is 11.8. The highest BCUT2D eigenvalue weighted by atomic mass is 16.5. The molecule has 1 aliphatic rings. The van der Waals surface area contributed by atoms with Crippen LogP contribution in [0.4, 0.5) is 5.69 Å². The summed E-state index contributed by atoms with van der Waals surface area (Å²) in [5, 5.41) is 21.0. The van der Waals surface area contributed by atoms with Crippen LogP contribution in [0.5, 0.6) is 5.75 Å². The van der Waals surface area contributed by atoms with Crippen molar-refractivity contribution in [3.05, 3.63) is 23.8 Å². The van der Waals surface area contributed by atoms with Gasteiger partial charge in [-0.1, -0.05) is 6.07 Å². The van der Waals surface area contributed by atoms with Crippen LogP contribution in [0.3, 0.4) is 0 Å². The number of hydrogen-bond acceptors (Lipinski definition) is 4. The molecule has 0 aromatic heterocycles. The predicted molar refractivity (Wildman–Crippen MR) is 62.7 cm³/mol. The van der Waals surface area contributed by atoms with Crippen LogP contribution in [0.2, 0.25) is 0 Å². The van der Waals surface area contributed by atoms with Crippen LogP contribution in [-0.4, -0.2) is 34.8 Å². The van der Waals surface area contributed by atoms with E-state index >= 15 is 0 Å². The number of nitrogens with one attached hydrogen (secondary N) is 1. The molecule has 0 radical (unpaired) electrons. The summed E-state index contributed by atoms with van der Waals surface area (Å²) in [6.07, 6.45) is 0.919. The molecule has 0 saturated carbocycles. The lowest BCUT2D eigenvalue weighted by molar-refractivity contribution is -0.124. The van der Waals surface area contributed by atoms with Gasteiger partial charge in [-0.05, 0) is 25.0 Å². The topological polar surface area (TPSA) is 95.9 Å². The van der Waals surface area contributed by atoms with Gasteiger partial charge >= 0.3 is 5.97 Å². The number of rotatable bonds is 3. The van der Waals surface area contributed by atoms with E-state index in [-0.39, 0.29) is 17.2 Å². The van der Waals surface area contributed by atoms with Gasteiger partial charge in [0, 0.05) is 6.61 Å². The third-order valence-electron chi connectivity index (χ3n) is 2.75. The number of carboxylic acid groups (broad SMARTS) is 1. The van der Waals surface area contributed by atoms with E-state index in [0.717, 1.165) is 6.42 Å². The van der Waals surface area contributed by atoms with Gasteiger partial charge in [-0.3, -0.25) is 4.79 Å². The van der Waals surface area contributed by atoms with E-state index in [1.165, 1.54) is 18.2 Å². The number of hydrogen-bond donors (Lipinski definition) is 3. The number of anilines is 1. The van der Waals surface area contributed by atoms with Crippen molar-refractivity contribution in [1.29, 1.82) is 0 Å². The Labute approximate surface area is 103 Å². The molecule has 1 unspecified atom stereocenters. The molecule has 1 amide bonds. The second kappa shape index (κ2) is 5.05. The minimum absolute atomic E-state index is 0.0791. The van der Waals surface area contributed by atoms with Crippen LogP contribution in [0, 0.1) is 0 Å². The van der Waals surface area contributed by atoms with Gasteiger partial charge in [-0.15, -0.1) is 0 Å². The van der Waals surface area contributed by atoms with Crippen LogP contribution in [0.25, 0.3) is 0 Å². The Morgan fingerprint density at radius 3 is 2.78 bits per heavy atom. The van der Waals surface area contributed by atoms with Crippen molar-refractivity contribution < 1.29 is 24.5 Å². The molecule has 6 heteroatoms. The number of benzene rings is 1. The van der Waals surface area contributed by atoms with Crippen molar-refractivity contribution in [2.75, 3.05) is 11.9 Å². The number of aromatic hydroxyl groups is 1. The normalized spacial score (nSPS) is 18.6. The molecule has 1 atom stereocenters. The molecule has 6 nitrogen and oxygen atoms in total. The zero-order valence-corrected chi connectivity index (χ0v) is 9.55. The molecule has 0 aliphatic carbocycles. The monoisotopic (exact) mass is 251 g/mol. The molecule has 96 valence electrons. The summed E-state index contributed by atoms with van der Waals surface area (Å²) in [6.45, 7) is 0.541. The van der Waals surface area contributed by atoms with E-state index in [4.69, 9.17) is 9.84 Å². The van der Waals surface area contributed by atoms with E-state index in [1.54, 1.807) is 0 Å². The van der Waals surface area contributed by atoms with Gasteiger partial charge in [0.2, 0.25) is 0 Å². The molecule has 1 heterocycles. The quantitative estimate of drug-likeness (QED) is 0.702. The number of carboxylic acids is 1. The first-order chi connectivity index (χ1) is 8.59. The Morgan fingerprint density at radius 2 is 2.17 bits per heavy atom. The third-order valence-corrected chi connectivity index (χ3v) is 2.75. The van der Waals surface area contributed by atoms with Gasteiger partial charge in [0.1, 0.15) is 11.7 Å². The molecule has 1 aliphatic heterocycles. The average Bonchev–Trinajstić information content (AvgIpc) is 2.85. The first-order valence-corrected chi connectivity index (χ1v) is 5.57. The van der Waals surface area contributed by atoms with Crippen LogP contribution in [-0.2, 0) is 9.53 Å². The lowest BCUT2D eigenvalue weighted by Gasteiger charge is -2.12. The van der Waals surface area contributed by atoms with Gasteiger partial charge in [0.15, 0.2) is 5.75 Å². The van der Waals surface area contributed by atoms with Crippen molar-refractivity contribution in [3.8, 4) is 5.75 Å². The first-order valence-electron chi connectivity index (χ1n) is 5.57. The lowest BCUT2D eigenvalue weighted by Crippen LogP contribution is -2.27. The van der Waals surface area contributed by atoms with Gasteiger partial charge < -0.3 is 20.3 Å². The molecule has 2 rings (SSSR count). The van der Waals surface area contributed by atoms with Gasteiger partial charge in [0.05, 0.1) is 5.69 Å². The fraction of sp³-hybridized carbons (Fsp3) is 0.333. The number of aromatic carboxylic acids is 1. The number of carbonyl (C=O) groups excluding carboxylic acids is 1. The van der Waals surface area contributed by atoms with Crippen LogP contribution >= 0.6 is 0 Å². The number of ether oxygens (including phenoxy) is 1. The summed E-state index contributed by atoms with van der Waals surface area (Å²) in [7, 11) is 0. The second-order valence-corrected chi connectivity index (χ2v) is 4.00. The second-order valence-electron chi connectivity index (χ2n) is 4.00. The summed E-state index contributed by atoms with van der Waals surface area (Å²) < 4.78 is 5.19. The summed E-state index contributed by atoms with van der Waals surface area (Å²) >= 11 is 0. The predicted octanol–water partition coefficient (Wildman–Crippen LogP) is 1.21. The average molecular weight is 251 g/mol. The Balaban J connectivity index is 2.16. The van der Waals surface area contributed by atoms with Gasteiger partial charge in [-0.2, -0.15) is 0 Å². The molecule has 3 N–H and O–H groups in total. The van der Waals surface area contributed by atoms with Crippen LogP contribution < -0.4 is 5.32 Å². The SMILES string of the molecule is O=C(O)c1cccc(NC(=O)C2CCCO2)c1O. The van der Waals surface area contributed by atoms with Crippen molar-refractivity contribution >= 4 is 17.6 Å². The van der Waals surface area contributed by atoms with Gasteiger partial charge in [0.25, 0.3) is 5.91 Å². The standard InChI is InChI=1S/C12H13NO5/c14-10-7(12(16)17)3-1-4-8(10)13-11(15)9-5-2-6-18-9/h1,3-4,9,14H,2,5-6H2,(H,13,15)(H,16,17). The largest absolute Gasteiger partial charge is 0.505 e. The van der Waals surface area contributed by atoms with E-state index in [0.29, 0.717) is 13.0 Å². The molecule has 1 fully saturated rings. The van der Waals surface area contributed by atoms with E-state index in [9.17, 15) is 14.7 Å². The Morgan fingerprint density at radius 1 is 1.39 bits per heavy atom. The molecular formula is C12H13NO5. The number of para-hydroxylation sites is 1. The van der Waals surface area contributed by atoms with E-state index in [1.807, 2.05) is 0 Å². The minimum Gasteiger partial charge on any atom is -0.505 e. The smallest absolute Gasteiger partial charge is 0.339 e. The van der Waals surface area contributed by atoms with Crippen molar-refractivity contribution in [2.24, 2.45) is 0 Å². The highest BCUT2D eigenvalue weighted by Crippen LogP contribution is 2.28. The van der Waals surface area contributed by atoms with Crippen molar-refractivity contribution in [3.63, 3.8) is 0 Å². The number of carbonyl (C=O) groups is 2. The first kappa shape index (κ1) is 12.4. The zero-order valence-electron chi connectivity index (χ0n) is 9.55. The fourth-order valence-corrected chi connectivity index (χ4v) is 1.81. The number of amides is 1. The summed E-state index contributed by atoms with van der Waals surface area (Å²) in [5.74, 6) is -2.07. The van der Waals surface area contributed by atoms with Crippen molar-refractivity contribution in [1.82, 2.24) is 0 Å². The molecule has 0 spiro atoms. The zero-order chi connectivity index (χ0) is 13.1. The molecule has 1 aromatic carbocycles. The molecule has 18 heavy (non-hydrogen) atoms. The lowest BCUT2D eigenvalue weighted by atomic mass is 10.1. The summed E-state index contributed by atoms with van der Waals surface area (Å²) in [5.41, 5.74) is -0.171. The maximum Gasteiger partial charge on any atom is 0.339 e. The fourth-order valence-electron chi connectivity index (χ4n) is 1.81. The molecule has 1 saturated heterocycles. The minimum atomic E-state index is -1.25. The highest BCUT2D eigenvalue weighted by Gasteiger charge is 2.24. The highest BCUT2D eigenvalue weighted by molar-refractivity contribution is 5.99. The van der Waals surface area contributed by atoms with Crippen LogP contribution in [0.15, 0.2) is 18.2 Å². The summed E-state index contributed by atoms with van der Waals surface area (Å²) in [6, 6.07) is 4.16. The van der Waals surface area contributed by atoms with Crippen LogP contribution in [0.1, 0.15) is 23.2 Å². The summed E-state index contributed by atoms with van der Waals surface area (Å²) in [4.78, 5) is 22.6. The Bertz CT molecular complexity index is 479. The van der Waals surface area contributed by atoms with Crippen molar-refractivity contribution in [2.45, 2.75) is 18.9 Å². The molecule has 1 aromatic rings. The third kappa shape index (κ3) is 2.43. The Hall–Kier alpha value is -2.08. The van der Waals surface area contributed by atoms with Gasteiger partial charge in [-0.25, -0.2) is 4.79 Å². The maximum absolute atomic E-state index is 11.8. The van der Waals surface area contributed by atoms with E-state index in [2.05, 4.69) is 5.32 Å².